The standard InChI is InChI=1S/C52H34N6/c1-3-13-35(14-4-1)37-23-27-39(28-24-37)49-54-50(40-29-25-38(26-30-40)36-15-5-2-6-16-36)56-51(55-49)41-31-33-42(34-32-41)57-46-20-10-7-17-43(46)44-18-8-11-21-47(44)58-48-22-12-9-19-45(48)53-52(57)58/h1-34H. The van der Waals surface area contributed by atoms with Crippen molar-refractivity contribution in [3.05, 3.63) is 206 Å². The molecule has 0 spiro atoms. The number of hydrogen-bond donors (Lipinski definition) is 0. The van der Waals surface area contributed by atoms with Crippen molar-refractivity contribution in [3.63, 3.8) is 0 Å². The Bertz CT molecular complexity index is 2980. The fraction of sp³-hybridized carbons (Fsp3) is 0. The molecule has 11 rings (SSSR count). The zero-order chi connectivity index (χ0) is 38.4. The summed E-state index contributed by atoms with van der Waals surface area (Å²) in [7, 11) is 0. The van der Waals surface area contributed by atoms with Crippen LogP contribution in [0.3, 0.4) is 0 Å². The van der Waals surface area contributed by atoms with Crippen LogP contribution < -0.4 is 4.90 Å². The van der Waals surface area contributed by atoms with Gasteiger partial charge in [-0.15, -0.1) is 0 Å². The molecule has 58 heavy (non-hydrogen) atoms. The van der Waals surface area contributed by atoms with Gasteiger partial charge in [0.05, 0.1) is 22.4 Å². The highest BCUT2D eigenvalue weighted by Crippen LogP contribution is 2.47. The summed E-state index contributed by atoms with van der Waals surface area (Å²) in [6, 6.07) is 71.6. The van der Waals surface area contributed by atoms with Crippen LogP contribution in [0.25, 0.3) is 84.3 Å². The van der Waals surface area contributed by atoms with Crippen LogP contribution in [0.4, 0.5) is 17.3 Å². The van der Waals surface area contributed by atoms with E-state index in [0.29, 0.717) is 17.5 Å². The lowest BCUT2D eigenvalue weighted by molar-refractivity contribution is 1.05. The van der Waals surface area contributed by atoms with E-state index >= 15 is 0 Å². The first-order valence-electron chi connectivity index (χ1n) is 19.4. The Morgan fingerprint density at radius 1 is 0.293 bits per heavy atom. The summed E-state index contributed by atoms with van der Waals surface area (Å²) in [5, 5.41) is 0. The zero-order valence-corrected chi connectivity index (χ0v) is 31.3. The van der Waals surface area contributed by atoms with Crippen molar-refractivity contribution < 1.29 is 0 Å². The molecule has 8 aromatic carbocycles. The van der Waals surface area contributed by atoms with Crippen LogP contribution in [0, 0.1) is 0 Å². The predicted octanol–water partition coefficient (Wildman–Crippen LogP) is 13.0. The van der Waals surface area contributed by atoms with Gasteiger partial charge in [-0.2, -0.15) is 0 Å². The monoisotopic (exact) mass is 742 g/mol. The van der Waals surface area contributed by atoms with Gasteiger partial charge < -0.3 is 0 Å². The van der Waals surface area contributed by atoms with Gasteiger partial charge in [0, 0.05) is 33.5 Å². The minimum Gasteiger partial charge on any atom is -0.280 e. The van der Waals surface area contributed by atoms with E-state index in [9.17, 15) is 0 Å². The Kier molecular flexibility index (Phi) is 8.04. The van der Waals surface area contributed by atoms with E-state index in [2.05, 4.69) is 198 Å². The van der Waals surface area contributed by atoms with Crippen LogP contribution in [0.5, 0.6) is 0 Å². The molecule has 0 bridgehead atoms. The van der Waals surface area contributed by atoms with Crippen LogP contribution >= 0.6 is 0 Å². The van der Waals surface area contributed by atoms with E-state index in [1.54, 1.807) is 0 Å². The first kappa shape index (κ1) is 33.4. The third kappa shape index (κ3) is 5.83. The van der Waals surface area contributed by atoms with Crippen molar-refractivity contribution in [1.82, 2.24) is 24.5 Å². The average Bonchev–Trinajstić information content (AvgIpc) is 3.63. The molecule has 10 aromatic rings. The van der Waals surface area contributed by atoms with E-state index < -0.39 is 0 Å². The molecule has 0 N–H and O–H groups in total. The topological polar surface area (TPSA) is 59.7 Å². The van der Waals surface area contributed by atoms with Crippen molar-refractivity contribution in [1.29, 1.82) is 0 Å². The van der Waals surface area contributed by atoms with E-state index in [4.69, 9.17) is 19.9 Å². The van der Waals surface area contributed by atoms with E-state index in [-0.39, 0.29) is 0 Å². The van der Waals surface area contributed by atoms with Gasteiger partial charge in [-0.1, -0.05) is 158 Å². The highest BCUT2D eigenvalue weighted by Gasteiger charge is 2.29. The smallest absolute Gasteiger partial charge is 0.220 e. The maximum absolute atomic E-state index is 5.25. The van der Waals surface area contributed by atoms with Gasteiger partial charge in [0.25, 0.3) is 0 Å². The van der Waals surface area contributed by atoms with Crippen molar-refractivity contribution in [3.8, 4) is 73.2 Å². The molecule has 0 aliphatic carbocycles. The fourth-order valence-corrected chi connectivity index (χ4v) is 7.96. The number of nitrogens with zero attached hydrogens (tertiary/aromatic N) is 6. The second-order valence-corrected chi connectivity index (χ2v) is 14.3. The van der Waals surface area contributed by atoms with Crippen LogP contribution in [0.15, 0.2) is 206 Å². The number of hydrogen-bond acceptors (Lipinski definition) is 5. The first-order valence-corrected chi connectivity index (χ1v) is 19.4. The van der Waals surface area contributed by atoms with Crippen LogP contribution in [0.2, 0.25) is 0 Å². The van der Waals surface area contributed by atoms with Crippen molar-refractivity contribution in [2.75, 3.05) is 4.90 Å². The molecular formula is C52H34N6. The first-order chi connectivity index (χ1) is 28.7. The molecule has 1 aliphatic rings. The van der Waals surface area contributed by atoms with Gasteiger partial charge in [0.2, 0.25) is 5.95 Å². The molecule has 0 saturated heterocycles. The Balaban J connectivity index is 1.03. The van der Waals surface area contributed by atoms with Gasteiger partial charge in [0.1, 0.15) is 0 Å². The average molecular weight is 743 g/mol. The summed E-state index contributed by atoms with van der Waals surface area (Å²) < 4.78 is 2.27. The molecule has 6 nitrogen and oxygen atoms in total. The van der Waals surface area contributed by atoms with Gasteiger partial charge in [-0.05, 0) is 70.8 Å². The minimum absolute atomic E-state index is 0.599. The van der Waals surface area contributed by atoms with E-state index in [1.165, 1.54) is 0 Å². The second kappa shape index (κ2) is 14.0. The summed E-state index contributed by atoms with van der Waals surface area (Å²) in [5.41, 5.74) is 14.7. The molecule has 6 heteroatoms. The van der Waals surface area contributed by atoms with Crippen molar-refractivity contribution >= 4 is 28.4 Å². The molecule has 2 aromatic heterocycles. The third-order valence-corrected chi connectivity index (χ3v) is 10.8. The molecule has 0 radical (unpaired) electrons. The number of aromatic nitrogens is 5. The molecule has 1 aliphatic heterocycles. The number of imidazole rings is 1. The number of benzene rings is 8. The van der Waals surface area contributed by atoms with E-state index in [0.717, 1.165) is 84.1 Å². The van der Waals surface area contributed by atoms with Gasteiger partial charge in [-0.3, -0.25) is 9.47 Å². The Hall–Kier alpha value is -7.96. The van der Waals surface area contributed by atoms with Crippen molar-refractivity contribution in [2.24, 2.45) is 0 Å². The molecule has 272 valence electrons. The molecule has 0 unspecified atom stereocenters. The minimum atomic E-state index is 0.599. The number of rotatable bonds is 6. The SMILES string of the molecule is c1ccc(-c2ccc(-c3nc(-c4ccc(-c5ccccc5)cc4)nc(-c4ccc(N5c6ccccc6-c6ccccc6-n6c5nc5ccccc56)cc4)n3)cc2)cc1. The lowest BCUT2D eigenvalue weighted by atomic mass is 10.0. The molecule has 0 amide bonds. The molecular weight excluding hydrogens is 709 g/mol. The Labute approximate surface area is 336 Å². The largest absolute Gasteiger partial charge is 0.280 e. The fourth-order valence-electron chi connectivity index (χ4n) is 7.96. The molecule has 0 fully saturated rings. The van der Waals surface area contributed by atoms with Crippen LogP contribution in [-0.2, 0) is 0 Å². The third-order valence-electron chi connectivity index (χ3n) is 10.8. The maximum atomic E-state index is 5.25. The van der Waals surface area contributed by atoms with Gasteiger partial charge in [-0.25, -0.2) is 19.9 Å². The summed E-state index contributed by atoms with van der Waals surface area (Å²) in [6.45, 7) is 0. The van der Waals surface area contributed by atoms with Crippen LogP contribution in [0.1, 0.15) is 0 Å². The number of fused-ring (bicyclic) bond motifs is 7. The van der Waals surface area contributed by atoms with Gasteiger partial charge >= 0.3 is 0 Å². The zero-order valence-electron chi connectivity index (χ0n) is 31.3. The summed E-state index contributed by atoms with van der Waals surface area (Å²) in [5.74, 6) is 2.66. The predicted molar refractivity (Wildman–Crippen MR) is 235 cm³/mol. The normalized spacial score (nSPS) is 11.8. The molecule has 0 saturated carbocycles. The number of anilines is 3. The maximum Gasteiger partial charge on any atom is 0.220 e. The second-order valence-electron chi connectivity index (χ2n) is 14.3. The van der Waals surface area contributed by atoms with Crippen LogP contribution in [-0.4, -0.2) is 24.5 Å². The van der Waals surface area contributed by atoms with Crippen molar-refractivity contribution in [2.45, 2.75) is 0 Å². The summed E-state index contributed by atoms with van der Waals surface area (Å²) in [6.07, 6.45) is 0. The molecule has 3 heterocycles. The quantitative estimate of drug-likeness (QED) is 0.170. The lowest BCUT2D eigenvalue weighted by Crippen LogP contribution is -2.14. The Morgan fingerprint density at radius 2 is 0.690 bits per heavy atom. The lowest BCUT2D eigenvalue weighted by Gasteiger charge is -2.24. The molecule has 0 atom stereocenters. The number of para-hydroxylation sites is 4. The van der Waals surface area contributed by atoms with E-state index in [1.807, 2.05) is 18.2 Å². The highest BCUT2D eigenvalue weighted by molar-refractivity contribution is 5.96. The summed E-state index contributed by atoms with van der Waals surface area (Å²) >= 11 is 0. The Morgan fingerprint density at radius 3 is 1.24 bits per heavy atom. The summed E-state index contributed by atoms with van der Waals surface area (Å²) in [4.78, 5) is 22.8. The highest BCUT2D eigenvalue weighted by atomic mass is 15.3. The van der Waals surface area contributed by atoms with Gasteiger partial charge in [0.15, 0.2) is 17.5 Å².